The predicted octanol–water partition coefficient (Wildman–Crippen LogP) is 2.30. The van der Waals surface area contributed by atoms with Gasteiger partial charge in [-0.15, -0.1) is 0 Å². The molecule has 1 saturated carbocycles. The van der Waals surface area contributed by atoms with Crippen molar-refractivity contribution in [2.24, 2.45) is 0 Å². The predicted molar refractivity (Wildman–Crippen MR) is 99.1 cm³/mol. The average Bonchev–Trinajstić information content (AvgIpc) is 2.65. The standard InChI is InChI=1S/C20H25N3O3/c24-17-9-8-14-12-16(11-13-5-4-10-23(17)18(13)14)22-20(26)19(25)21-15-6-2-1-3-7-15/h11-12,15H,1-10H2,(H,21,25)(H,22,26). The van der Waals surface area contributed by atoms with Crippen molar-refractivity contribution in [3.05, 3.63) is 23.3 Å². The van der Waals surface area contributed by atoms with Gasteiger partial charge in [-0.25, -0.2) is 0 Å². The van der Waals surface area contributed by atoms with Gasteiger partial charge in [0.05, 0.1) is 5.69 Å². The van der Waals surface area contributed by atoms with Crippen LogP contribution in [0.15, 0.2) is 12.1 Å². The van der Waals surface area contributed by atoms with E-state index in [1.165, 1.54) is 6.42 Å². The second kappa shape index (κ2) is 7.09. The van der Waals surface area contributed by atoms with Crippen LogP contribution in [0.1, 0.15) is 56.1 Å². The average molecular weight is 355 g/mol. The van der Waals surface area contributed by atoms with E-state index in [-0.39, 0.29) is 11.9 Å². The van der Waals surface area contributed by atoms with Gasteiger partial charge in [-0.3, -0.25) is 14.4 Å². The van der Waals surface area contributed by atoms with Crippen molar-refractivity contribution in [2.45, 2.75) is 63.8 Å². The number of hydrogen-bond donors (Lipinski definition) is 2. The minimum Gasteiger partial charge on any atom is -0.345 e. The molecule has 6 nitrogen and oxygen atoms in total. The molecule has 4 rings (SSSR count). The van der Waals surface area contributed by atoms with Gasteiger partial charge in [-0.1, -0.05) is 19.3 Å². The Morgan fingerprint density at radius 1 is 0.923 bits per heavy atom. The van der Waals surface area contributed by atoms with E-state index in [1.54, 1.807) is 0 Å². The summed E-state index contributed by atoms with van der Waals surface area (Å²) in [4.78, 5) is 38.5. The van der Waals surface area contributed by atoms with Crippen molar-refractivity contribution in [3.8, 4) is 0 Å². The van der Waals surface area contributed by atoms with Gasteiger partial charge in [-0.2, -0.15) is 0 Å². The van der Waals surface area contributed by atoms with Crippen LogP contribution < -0.4 is 15.5 Å². The third-order valence-corrected chi connectivity index (χ3v) is 5.68. The van der Waals surface area contributed by atoms with Gasteiger partial charge < -0.3 is 15.5 Å². The molecule has 0 unspecified atom stereocenters. The number of benzene rings is 1. The smallest absolute Gasteiger partial charge is 0.313 e. The summed E-state index contributed by atoms with van der Waals surface area (Å²) in [6, 6.07) is 3.94. The quantitative estimate of drug-likeness (QED) is 0.799. The third kappa shape index (κ3) is 3.32. The van der Waals surface area contributed by atoms with E-state index in [0.717, 1.165) is 61.9 Å². The largest absolute Gasteiger partial charge is 0.345 e. The Bertz CT molecular complexity index is 736. The first-order valence-corrected chi connectivity index (χ1v) is 9.70. The normalized spacial score (nSPS) is 19.7. The van der Waals surface area contributed by atoms with Gasteiger partial charge in [0.25, 0.3) is 0 Å². The number of carbonyl (C=O) groups excluding carboxylic acids is 3. The molecule has 2 aliphatic heterocycles. The van der Waals surface area contributed by atoms with E-state index in [2.05, 4.69) is 10.6 Å². The first-order chi connectivity index (χ1) is 12.6. The van der Waals surface area contributed by atoms with Crippen LogP contribution in [-0.4, -0.2) is 30.3 Å². The van der Waals surface area contributed by atoms with Crippen LogP contribution in [0.5, 0.6) is 0 Å². The molecule has 1 aromatic rings. The monoisotopic (exact) mass is 355 g/mol. The fraction of sp³-hybridized carbons (Fsp3) is 0.550. The van der Waals surface area contributed by atoms with E-state index >= 15 is 0 Å². The minimum absolute atomic E-state index is 0.117. The minimum atomic E-state index is -0.609. The van der Waals surface area contributed by atoms with Crippen LogP contribution in [0.25, 0.3) is 0 Å². The first kappa shape index (κ1) is 17.1. The van der Waals surface area contributed by atoms with Crippen molar-refractivity contribution in [1.82, 2.24) is 5.32 Å². The molecule has 0 radical (unpaired) electrons. The number of hydrogen-bond acceptors (Lipinski definition) is 3. The van der Waals surface area contributed by atoms with E-state index < -0.39 is 11.8 Å². The molecule has 2 N–H and O–H groups in total. The van der Waals surface area contributed by atoms with Crippen molar-refractivity contribution in [2.75, 3.05) is 16.8 Å². The van der Waals surface area contributed by atoms with E-state index in [9.17, 15) is 14.4 Å². The molecule has 26 heavy (non-hydrogen) atoms. The summed E-state index contributed by atoms with van der Waals surface area (Å²) in [7, 11) is 0. The van der Waals surface area contributed by atoms with Crippen molar-refractivity contribution in [1.29, 1.82) is 0 Å². The van der Waals surface area contributed by atoms with Crippen LogP contribution in [0, 0.1) is 0 Å². The number of amides is 3. The van der Waals surface area contributed by atoms with Crippen LogP contribution in [0.3, 0.4) is 0 Å². The number of aryl methyl sites for hydroxylation is 2. The summed E-state index contributed by atoms with van der Waals surface area (Å²) in [5.74, 6) is -0.982. The molecule has 3 aliphatic rings. The molecule has 1 aliphatic carbocycles. The second-order valence-corrected chi connectivity index (χ2v) is 7.55. The molecule has 2 heterocycles. The highest BCUT2D eigenvalue weighted by atomic mass is 16.2. The molecule has 6 heteroatoms. The lowest BCUT2D eigenvalue weighted by atomic mass is 9.91. The zero-order valence-corrected chi connectivity index (χ0v) is 15.0. The topological polar surface area (TPSA) is 78.5 Å². The summed E-state index contributed by atoms with van der Waals surface area (Å²) < 4.78 is 0. The Morgan fingerprint density at radius 3 is 2.42 bits per heavy atom. The van der Waals surface area contributed by atoms with Gasteiger partial charge in [0.2, 0.25) is 5.91 Å². The Kier molecular flexibility index (Phi) is 4.66. The lowest BCUT2D eigenvalue weighted by molar-refractivity contribution is -0.136. The first-order valence-electron chi connectivity index (χ1n) is 9.70. The van der Waals surface area contributed by atoms with Gasteiger partial charge in [0.1, 0.15) is 0 Å². The number of anilines is 2. The molecule has 0 bridgehead atoms. The maximum atomic E-state index is 12.3. The Balaban J connectivity index is 1.47. The van der Waals surface area contributed by atoms with Gasteiger partial charge in [0.15, 0.2) is 0 Å². The number of nitrogens with one attached hydrogen (secondary N) is 2. The zero-order valence-electron chi connectivity index (χ0n) is 15.0. The highest BCUT2D eigenvalue weighted by Gasteiger charge is 2.30. The Hall–Kier alpha value is -2.37. The van der Waals surface area contributed by atoms with Crippen molar-refractivity contribution < 1.29 is 14.4 Å². The highest BCUT2D eigenvalue weighted by molar-refractivity contribution is 6.39. The van der Waals surface area contributed by atoms with Crippen molar-refractivity contribution in [3.63, 3.8) is 0 Å². The van der Waals surface area contributed by atoms with E-state index in [1.807, 2.05) is 17.0 Å². The van der Waals surface area contributed by atoms with Gasteiger partial charge in [0, 0.05) is 24.7 Å². The van der Waals surface area contributed by atoms with E-state index in [4.69, 9.17) is 0 Å². The third-order valence-electron chi connectivity index (χ3n) is 5.68. The Morgan fingerprint density at radius 2 is 1.65 bits per heavy atom. The highest BCUT2D eigenvalue weighted by Crippen LogP contribution is 2.37. The molecule has 3 amide bonds. The summed E-state index contributed by atoms with van der Waals surface area (Å²) in [5, 5.41) is 5.60. The molecule has 1 fully saturated rings. The molecule has 138 valence electrons. The molecule has 0 spiro atoms. The molecular formula is C20H25N3O3. The van der Waals surface area contributed by atoms with Gasteiger partial charge >= 0.3 is 11.8 Å². The summed E-state index contributed by atoms with van der Waals surface area (Å²) in [5.41, 5.74) is 3.85. The number of carbonyl (C=O) groups is 3. The molecule has 0 atom stereocenters. The van der Waals surface area contributed by atoms with Crippen LogP contribution in [-0.2, 0) is 27.2 Å². The maximum absolute atomic E-state index is 12.3. The lowest BCUT2D eigenvalue weighted by Gasteiger charge is -2.35. The zero-order chi connectivity index (χ0) is 18.1. The van der Waals surface area contributed by atoms with Crippen molar-refractivity contribution >= 4 is 29.1 Å². The summed E-state index contributed by atoms with van der Waals surface area (Å²) in [6.45, 7) is 0.772. The van der Waals surface area contributed by atoms with E-state index in [0.29, 0.717) is 18.5 Å². The molecule has 0 aromatic heterocycles. The van der Waals surface area contributed by atoms with Crippen LogP contribution >= 0.6 is 0 Å². The fourth-order valence-electron chi connectivity index (χ4n) is 4.41. The molecule has 0 saturated heterocycles. The number of nitrogens with zero attached hydrogens (tertiary/aromatic N) is 1. The second-order valence-electron chi connectivity index (χ2n) is 7.55. The SMILES string of the molecule is O=C(Nc1cc2c3c(c1)CCC(=O)N3CCC2)C(=O)NC1CCCCC1. The Labute approximate surface area is 153 Å². The summed E-state index contributed by atoms with van der Waals surface area (Å²) >= 11 is 0. The fourth-order valence-corrected chi connectivity index (χ4v) is 4.41. The molecule has 1 aromatic carbocycles. The lowest BCUT2D eigenvalue weighted by Crippen LogP contribution is -2.42. The summed E-state index contributed by atoms with van der Waals surface area (Å²) in [6.07, 6.45) is 8.34. The maximum Gasteiger partial charge on any atom is 0.313 e. The molecular weight excluding hydrogens is 330 g/mol. The number of rotatable bonds is 2. The van der Waals surface area contributed by atoms with Gasteiger partial charge in [-0.05, 0) is 55.4 Å². The van der Waals surface area contributed by atoms with Crippen LogP contribution in [0.4, 0.5) is 11.4 Å². The van der Waals surface area contributed by atoms with Crippen LogP contribution in [0.2, 0.25) is 0 Å².